The van der Waals surface area contributed by atoms with Crippen LogP contribution in [-0.4, -0.2) is 21.8 Å². The van der Waals surface area contributed by atoms with Gasteiger partial charge in [0.25, 0.3) is 5.91 Å². The molecule has 4 aromatic rings. The summed E-state index contributed by atoms with van der Waals surface area (Å²) in [6, 6.07) is 24.4. The number of pyridine rings is 1. The molecule has 1 amide bonds. The zero-order valence-corrected chi connectivity index (χ0v) is 16.7. The van der Waals surface area contributed by atoms with Gasteiger partial charge in [-0.15, -0.1) is 0 Å². The molecule has 31 heavy (non-hydrogen) atoms. The third kappa shape index (κ3) is 3.20. The summed E-state index contributed by atoms with van der Waals surface area (Å²) in [4.78, 5) is 31.9. The smallest absolute Gasteiger partial charge is 0.264 e. The van der Waals surface area contributed by atoms with Gasteiger partial charge in [-0.2, -0.15) is 0 Å². The number of anilines is 1. The predicted molar refractivity (Wildman–Crippen MR) is 119 cm³/mol. The lowest BCUT2D eigenvalue weighted by Crippen LogP contribution is -2.41. The Labute approximate surface area is 179 Å². The second-order valence-corrected chi connectivity index (χ2v) is 7.75. The van der Waals surface area contributed by atoms with Crippen LogP contribution in [0.1, 0.15) is 27.9 Å². The molecule has 0 aliphatic carbocycles. The van der Waals surface area contributed by atoms with Crippen molar-refractivity contribution >= 4 is 28.2 Å². The van der Waals surface area contributed by atoms with E-state index in [4.69, 9.17) is 0 Å². The molecular formula is C26H20N2O3. The summed E-state index contributed by atoms with van der Waals surface area (Å²) in [7, 11) is 0. The predicted octanol–water partition coefficient (Wildman–Crippen LogP) is 4.24. The van der Waals surface area contributed by atoms with E-state index in [0.717, 1.165) is 16.3 Å². The van der Waals surface area contributed by atoms with Crippen LogP contribution in [0.2, 0.25) is 0 Å². The number of nitrogens with zero attached hydrogens (tertiary/aromatic N) is 2. The number of hydrogen-bond donors (Lipinski definition) is 1. The molecule has 3 aromatic carbocycles. The van der Waals surface area contributed by atoms with Crippen molar-refractivity contribution in [1.29, 1.82) is 0 Å². The standard InChI is InChI=1S/C26H20N2O3/c29-24(19-10-6-14-27-16-19)15-26(31)22-12-3-4-13-23(22)28(25(26)30)17-20-9-5-8-18-7-1-2-11-21(18)20/h1-14,16,31H,15,17H2/t26-/m0/s1. The topological polar surface area (TPSA) is 70.5 Å². The van der Waals surface area contributed by atoms with Crippen LogP contribution in [0.3, 0.4) is 0 Å². The van der Waals surface area contributed by atoms with E-state index >= 15 is 0 Å². The van der Waals surface area contributed by atoms with Gasteiger partial charge < -0.3 is 10.0 Å². The molecule has 1 aliphatic heterocycles. The Morgan fingerprint density at radius 3 is 2.55 bits per heavy atom. The zero-order valence-electron chi connectivity index (χ0n) is 16.7. The molecule has 1 aliphatic rings. The van der Waals surface area contributed by atoms with Crippen molar-refractivity contribution in [2.75, 3.05) is 4.90 Å². The van der Waals surface area contributed by atoms with E-state index < -0.39 is 11.5 Å². The highest BCUT2D eigenvalue weighted by atomic mass is 16.3. The molecule has 0 unspecified atom stereocenters. The highest BCUT2D eigenvalue weighted by molar-refractivity contribution is 6.10. The summed E-state index contributed by atoms with van der Waals surface area (Å²) in [6.07, 6.45) is 2.69. The Morgan fingerprint density at radius 1 is 0.935 bits per heavy atom. The van der Waals surface area contributed by atoms with E-state index in [1.807, 2.05) is 54.6 Å². The van der Waals surface area contributed by atoms with Crippen molar-refractivity contribution in [3.63, 3.8) is 0 Å². The van der Waals surface area contributed by atoms with Crippen LogP contribution in [0, 0.1) is 0 Å². The molecule has 5 nitrogen and oxygen atoms in total. The Bertz CT molecular complexity index is 1300. The molecule has 0 saturated carbocycles. The lowest BCUT2D eigenvalue weighted by Gasteiger charge is -2.23. The second-order valence-electron chi connectivity index (χ2n) is 7.75. The van der Waals surface area contributed by atoms with Crippen molar-refractivity contribution in [2.45, 2.75) is 18.6 Å². The minimum Gasteiger partial charge on any atom is -0.375 e. The largest absolute Gasteiger partial charge is 0.375 e. The number of rotatable bonds is 5. The summed E-state index contributed by atoms with van der Waals surface area (Å²) < 4.78 is 0. The minimum atomic E-state index is -1.91. The number of aromatic nitrogens is 1. The normalized spacial score (nSPS) is 17.7. The van der Waals surface area contributed by atoms with Crippen LogP contribution >= 0.6 is 0 Å². The number of aliphatic hydroxyl groups is 1. The quantitative estimate of drug-likeness (QED) is 0.502. The fraction of sp³-hybridized carbons (Fsp3) is 0.115. The highest BCUT2D eigenvalue weighted by Gasteiger charge is 2.50. The Morgan fingerprint density at radius 2 is 1.71 bits per heavy atom. The molecule has 1 N–H and O–H groups in total. The first-order valence-corrected chi connectivity index (χ1v) is 10.1. The number of fused-ring (bicyclic) bond motifs is 2. The Balaban J connectivity index is 1.53. The monoisotopic (exact) mass is 408 g/mol. The lowest BCUT2D eigenvalue weighted by atomic mass is 9.88. The molecule has 0 bridgehead atoms. The number of carbonyl (C=O) groups is 2. The molecule has 2 heterocycles. The van der Waals surface area contributed by atoms with Crippen molar-refractivity contribution in [2.24, 2.45) is 0 Å². The van der Waals surface area contributed by atoms with E-state index in [-0.39, 0.29) is 12.2 Å². The molecule has 1 aromatic heterocycles. The molecule has 5 heteroatoms. The third-order valence-electron chi connectivity index (χ3n) is 5.85. The van der Waals surface area contributed by atoms with Gasteiger partial charge in [0.05, 0.1) is 18.7 Å². The van der Waals surface area contributed by atoms with Gasteiger partial charge in [-0.05, 0) is 34.5 Å². The van der Waals surface area contributed by atoms with Gasteiger partial charge in [0.15, 0.2) is 11.4 Å². The van der Waals surface area contributed by atoms with Crippen LogP contribution in [-0.2, 0) is 16.9 Å². The first-order valence-electron chi connectivity index (χ1n) is 10.1. The van der Waals surface area contributed by atoms with Gasteiger partial charge in [0, 0.05) is 23.5 Å². The van der Waals surface area contributed by atoms with E-state index in [1.54, 1.807) is 35.4 Å². The fourth-order valence-corrected chi connectivity index (χ4v) is 4.30. The van der Waals surface area contributed by atoms with E-state index in [1.165, 1.54) is 6.20 Å². The molecule has 1 atom stereocenters. The summed E-state index contributed by atoms with van der Waals surface area (Å²) in [5.74, 6) is -0.815. The van der Waals surface area contributed by atoms with Crippen molar-refractivity contribution in [3.05, 3.63) is 108 Å². The minimum absolute atomic E-state index is 0.306. The maximum absolute atomic E-state index is 13.5. The molecule has 0 fully saturated rings. The number of hydrogen-bond acceptors (Lipinski definition) is 4. The summed E-state index contributed by atoms with van der Waals surface area (Å²) in [6.45, 7) is 0.306. The van der Waals surface area contributed by atoms with E-state index in [9.17, 15) is 14.7 Å². The number of benzene rings is 3. The fourth-order valence-electron chi connectivity index (χ4n) is 4.30. The first kappa shape index (κ1) is 19.2. The summed E-state index contributed by atoms with van der Waals surface area (Å²) in [5.41, 5.74) is 0.519. The first-order chi connectivity index (χ1) is 15.1. The molecule has 152 valence electrons. The maximum atomic E-state index is 13.5. The third-order valence-corrected chi connectivity index (χ3v) is 5.85. The average Bonchev–Trinajstić information content (AvgIpc) is 3.02. The van der Waals surface area contributed by atoms with Crippen LogP contribution in [0.15, 0.2) is 91.3 Å². The second kappa shape index (κ2) is 7.45. The lowest BCUT2D eigenvalue weighted by molar-refractivity contribution is -0.136. The number of amides is 1. The van der Waals surface area contributed by atoms with E-state index in [2.05, 4.69) is 4.98 Å². The van der Waals surface area contributed by atoms with Gasteiger partial charge >= 0.3 is 0 Å². The number of Topliss-reactive ketones (excluding diaryl/α,β-unsaturated/α-hetero) is 1. The SMILES string of the molecule is O=C(C[C@@]1(O)C(=O)N(Cc2cccc3ccccc23)c2ccccc21)c1cccnc1. The zero-order chi connectivity index (χ0) is 21.4. The van der Waals surface area contributed by atoms with Gasteiger partial charge in [-0.25, -0.2) is 0 Å². The summed E-state index contributed by atoms with van der Waals surface area (Å²) in [5, 5.41) is 13.6. The maximum Gasteiger partial charge on any atom is 0.264 e. The van der Waals surface area contributed by atoms with Gasteiger partial charge in [0.1, 0.15) is 0 Å². The van der Waals surface area contributed by atoms with Gasteiger partial charge in [0.2, 0.25) is 0 Å². The Kier molecular flexibility index (Phi) is 4.60. The number of para-hydroxylation sites is 1. The van der Waals surface area contributed by atoms with Crippen molar-refractivity contribution in [1.82, 2.24) is 4.98 Å². The van der Waals surface area contributed by atoms with Crippen molar-refractivity contribution < 1.29 is 14.7 Å². The van der Waals surface area contributed by atoms with Crippen LogP contribution in [0.4, 0.5) is 5.69 Å². The average molecular weight is 408 g/mol. The number of carbonyl (C=O) groups excluding carboxylic acids is 2. The molecule has 0 radical (unpaired) electrons. The summed E-state index contributed by atoms with van der Waals surface area (Å²) >= 11 is 0. The van der Waals surface area contributed by atoms with Gasteiger partial charge in [-0.1, -0.05) is 60.7 Å². The van der Waals surface area contributed by atoms with Crippen LogP contribution in [0.25, 0.3) is 10.8 Å². The van der Waals surface area contributed by atoms with Crippen LogP contribution in [0.5, 0.6) is 0 Å². The molecular weight excluding hydrogens is 388 g/mol. The Hall–Kier alpha value is -3.83. The van der Waals surface area contributed by atoms with Crippen molar-refractivity contribution in [3.8, 4) is 0 Å². The highest BCUT2D eigenvalue weighted by Crippen LogP contribution is 2.43. The number of ketones is 1. The molecule has 0 saturated heterocycles. The van der Waals surface area contributed by atoms with E-state index in [0.29, 0.717) is 23.4 Å². The van der Waals surface area contributed by atoms with Crippen LogP contribution < -0.4 is 4.90 Å². The molecule has 5 rings (SSSR count). The molecule has 0 spiro atoms. The van der Waals surface area contributed by atoms with Gasteiger partial charge in [-0.3, -0.25) is 14.6 Å².